The fourth-order valence-corrected chi connectivity index (χ4v) is 1.67. The van der Waals surface area contributed by atoms with Gasteiger partial charge in [-0.25, -0.2) is 0 Å². The van der Waals surface area contributed by atoms with Crippen LogP contribution in [0.4, 0.5) is 0 Å². The molecule has 2 fully saturated rings. The minimum Gasteiger partial charge on any atom is -0.193 e. The van der Waals surface area contributed by atoms with E-state index < -0.39 is 0 Å². The van der Waals surface area contributed by atoms with Crippen LogP contribution in [0.5, 0.6) is 0 Å². The van der Waals surface area contributed by atoms with Gasteiger partial charge >= 0.3 is 0 Å². The molecule has 0 saturated heterocycles. The fraction of sp³-hybridized carbons (Fsp3) is 0.727. The summed E-state index contributed by atoms with van der Waals surface area (Å²) in [6.45, 7) is 4.55. The van der Waals surface area contributed by atoms with Gasteiger partial charge in [0.1, 0.15) is 0 Å². The number of nitriles is 1. The van der Waals surface area contributed by atoms with Gasteiger partial charge in [0.2, 0.25) is 0 Å². The molecule has 0 aromatic rings. The Hall–Kier alpha value is -0.770. The topological polar surface area (TPSA) is 23.8 Å². The van der Waals surface area contributed by atoms with Crippen molar-refractivity contribution in [1.82, 2.24) is 0 Å². The zero-order valence-corrected chi connectivity index (χ0v) is 7.80. The molecule has 0 aromatic heterocycles. The summed E-state index contributed by atoms with van der Waals surface area (Å²) in [5, 5.41) is 8.87. The largest absolute Gasteiger partial charge is 0.193 e. The summed E-state index contributed by atoms with van der Waals surface area (Å²) in [5.74, 6) is 1.32. The monoisotopic (exact) mass is 161 g/mol. The lowest BCUT2D eigenvalue weighted by Crippen LogP contribution is -1.89. The number of nitrogens with zero attached hydrogens (tertiary/aromatic N) is 1. The minimum absolute atomic E-state index is 0.483. The molecule has 2 aliphatic rings. The molecule has 0 heterocycles. The van der Waals surface area contributed by atoms with Crippen LogP contribution in [0.3, 0.4) is 0 Å². The highest BCUT2D eigenvalue weighted by atomic mass is 14.5. The highest BCUT2D eigenvalue weighted by Crippen LogP contribution is 2.53. The molecule has 2 rings (SSSR count). The summed E-state index contributed by atoms with van der Waals surface area (Å²) in [6, 6.07) is 2.33. The van der Waals surface area contributed by atoms with Gasteiger partial charge in [-0.2, -0.15) is 5.26 Å². The van der Waals surface area contributed by atoms with Gasteiger partial charge in [0.05, 0.1) is 6.07 Å². The molecule has 0 N–H and O–H groups in total. The number of hydrogen-bond acceptors (Lipinski definition) is 1. The predicted molar refractivity (Wildman–Crippen MR) is 48.3 cm³/mol. The molecule has 0 spiro atoms. The van der Waals surface area contributed by atoms with E-state index in [4.69, 9.17) is 5.26 Å². The van der Waals surface area contributed by atoms with E-state index in [-0.39, 0.29) is 0 Å². The first-order valence-electron chi connectivity index (χ1n) is 4.75. The van der Waals surface area contributed by atoms with Crippen LogP contribution in [0.1, 0.15) is 33.1 Å². The van der Waals surface area contributed by atoms with Crippen molar-refractivity contribution in [2.24, 2.45) is 17.3 Å². The van der Waals surface area contributed by atoms with E-state index >= 15 is 0 Å². The molecule has 0 radical (unpaired) electrons. The smallest absolute Gasteiger partial charge is 0.0946 e. The van der Waals surface area contributed by atoms with Crippen LogP contribution in [-0.4, -0.2) is 0 Å². The normalized spacial score (nSPS) is 32.8. The minimum atomic E-state index is 0.483. The van der Waals surface area contributed by atoms with Crippen LogP contribution in [0.15, 0.2) is 11.6 Å². The molecule has 1 nitrogen and oxygen atoms in total. The van der Waals surface area contributed by atoms with Crippen molar-refractivity contribution < 1.29 is 0 Å². The molecule has 0 aromatic carbocycles. The van der Waals surface area contributed by atoms with Crippen molar-refractivity contribution in [1.29, 1.82) is 5.26 Å². The van der Waals surface area contributed by atoms with E-state index in [1.165, 1.54) is 19.3 Å². The van der Waals surface area contributed by atoms with Crippen LogP contribution in [0, 0.1) is 28.6 Å². The second-order valence-corrected chi connectivity index (χ2v) is 4.81. The summed E-state index contributed by atoms with van der Waals surface area (Å²) in [6.07, 6.45) is 5.97. The molecular formula is C11H15N. The maximum Gasteiger partial charge on any atom is 0.0946 e. The molecule has 0 aliphatic heterocycles. The Kier molecular flexibility index (Phi) is 1.54. The van der Waals surface area contributed by atoms with Gasteiger partial charge in [-0.05, 0) is 36.5 Å². The van der Waals surface area contributed by atoms with Crippen molar-refractivity contribution in [3.63, 3.8) is 0 Å². The number of rotatable bonds is 2. The average Bonchev–Trinajstić information content (AvgIpc) is 2.84. The highest BCUT2D eigenvalue weighted by Gasteiger charge is 2.44. The third kappa shape index (κ3) is 1.39. The van der Waals surface area contributed by atoms with Crippen molar-refractivity contribution in [3.8, 4) is 6.07 Å². The molecule has 1 heteroatoms. The second kappa shape index (κ2) is 2.36. The van der Waals surface area contributed by atoms with E-state index in [1.807, 2.05) is 0 Å². The quantitative estimate of drug-likeness (QED) is 0.571. The van der Waals surface area contributed by atoms with Crippen molar-refractivity contribution in [2.45, 2.75) is 33.1 Å². The molecule has 64 valence electrons. The summed E-state index contributed by atoms with van der Waals surface area (Å²) < 4.78 is 0. The molecule has 12 heavy (non-hydrogen) atoms. The van der Waals surface area contributed by atoms with E-state index in [0.29, 0.717) is 17.3 Å². The first-order chi connectivity index (χ1) is 5.63. The van der Waals surface area contributed by atoms with Gasteiger partial charge < -0.3 is 0 Å². The summed E-state index contributed by atoms with van der Waals surface area (Å²) >= 11 is 0. The maximum atomic E-state index is 8.87. The van der Waals surface area contributed by atoms with Crippen LogP contribution in [0.25, 0.3) is 0 Å². The van der Waals surface area contributed by atoms with Crippen LogP contribution in [0.2, 0.25) is 0 Å². The molecule has 1 atom stereocenters. The maximum absolute atomic E-state index is 8.87. The van der Waals surface area contributed by atoms with E-state index in [9.17, 15) is 0 Å². The van der Waals surface area contributed by atoms with Gasteiger partial charge in [0.25, 0.3) is 0 Å². The Labute approximate surface area is 74.1 Å². The van der Waals surface area contributed by atoms with Gasteiger partial charge in [-0.3, -0.25) is 0 Å². The van der Waals surface area contributed by atoms with Crippen molar-refractivity contribution in [2.75, 3.05) is 0 Å². The zero-order chi connectivity index (χ0) is 8.77. The number of allylic oxidation sites excluding steroid dienone is 2. The van der Waals surface area contributed by atoms with E-state index in [2.05, 4.69) is 26.0 Å². The zero-order valence-electron chi connectivity index (χ0n) is 7.80. The van der Waals surface area contributed by atoms with Crippen LogP contribution < -0.4 is 0 Å². The highest BCUT2D eigenvalue weighted by molar-refractivity contribution is 5.30. The molecule has 0 amide bonds. The standard InChI is InChI=1S/C11H15N/c1-11(2)6-10(11)5-9(7-12)8-3-4-8/h5,8,10H,3-4,6H2,1-2H3/b9-5+. The van der Waals surface area contributed by atoms with Crippen LogP contribution in [-0.2, 0) is 0 Å². The third-order valence-electron chi connectivity index (χ3n) is 3.12. The van der Waals surface area contributed by atoms with Gasteiger partial charge in [0.15, 0.2) is 0 Å². The Balaban J connectivity index is 2.03. The summed E-state index contributed by atoms with van der Waals surface area (Å²) in [4.78, 5) is 0. The third-order valence-corrected chi connectivity index (χ3v) is 3.12. The van der Waals surface area contributed by atoms with Gasteiger partial charge in [-0.1, -0.05) is 19.9 Å². The predicted octanol–water partition coefficient (Wildman–Crippen LogP) is 2.89. The lowest BCUT2D eigenvalue weighted by molar-refractivity contribution is 0.608. The van der Waals surface area contributed by atoms with E-state index in [1.54, 1.807) is 0 Å². The van der Waals surface area contributed by atoms with Gasteiger partial charge in [-0.15, -0.1) is 0 Å². The van der Waals surface area contributed by atoms with Crippen molar-refractivity contribution >= 4 is 0 Å². The molecular weight excluding hydrogens is 146 g/mol. The molecule has 2 saturated carbocycles. The lowest BCUT2D eigenvalue weighted by atomic mass is 10.1. The molecule has 1 unspecified atom stereocenters. The Morgan fingerprint density at radius 2 is 2.08 bits per heavy atom. The molecule has 2 aliphatic carbocycles. The first-order valence-corrected chi connectivity index (χ1v) is 4.75. The SMILES string of the molecule is CC1(C)CC1/C=C(\C#N)C1CC1. The van der Waals surface area contributed by atoms with Crippen LogP contribution >= 0.6 is 0 Å². The summed E-state index contributed by atoms with van der Waals surface area (Å²) in [7, 11) is 0. The molecule has 0 bridgehead atoms. The Bertz CT molecular complexity index is 263. The van der Waals surface area contributed by atoms with Crippen molar-refractivity contribution in [3.05, 3.63) is 11.6 Å². The van der Waals surface area contributed by atoms with E-state index in [0.717, 1.165) is 5.57 Å². The lowest BCUT2D eigenvalue weighted by Gasteiger charge is -1.97. The van der Waals surface area contributed by atoms with Gasteiger partial charge in [0, 0.05) is 5.57 Å². The fourth-order valence-electron chi connectivity index (χ4n) is 1.67. The Morgan fingerprint density at radius 3 is 2.42 bits per heavy atom. The number of hydrogen-bond donors (Lipinski definition) is 0. The Morgan fingerprint density at radius 1 is 1.50 bits per heavy atom. The summed E-state index contributed by atoms with van der Waals surface area (Å²) in [5.41, 5.74) is 1.54. The average molecular weight is 161 g/mol. The first kappa shape index (κ1) is 7.86. The second-order valence-electron chi connectivity index (χ2n) is 4.81.